The van der Waals surface area contributed by atoms with Crippen molar-refractivity contribution in [3.63, 3.8) is 0 Å². The van der Waals surface area contributed by atoms with Gasteiger partial charge in [-0.05, 0) is 44.0 Å². The van der Waals surface area contributed by atoms with Gasteiger partial charge < -0.3 is 19.4 Å². The normalized spacial score (nSPS) is 16.5. The van der Waals surface area contributed by atoms with Gasteiger partial charge in [0.1, 0.15) is 5.82 Å². The summed E-state index contributed by atoms with van der Waals surface area (Å²) in [5.74, 6) is 1.37. The topological polar surface area (TPSA) is 78.9 Å². The highest BCUT2D eigenvalue weighted by atomic mass is 32.2. The Morgan fingerprint density at radius 3 is 2.37 bits per heavy atom. The summed E-state index contributed by atoms with van der Waals surface area (Å²) >= 11 is 1.59. The molecule has 2 saturated heterocycles. The van der Waals surface area contributed by atoms with Gasteiger partial charge in [-0.1, -0.05) is 61.2 Å². The van der Waals surface area contributed by atoms with Crippen LogP contribution in [-0.2, 0) is 15.3 Å². The average Bonchev–Trinajstić information content (AvgIpc) is 3.04. The van der Waals surface area contributed by atoms with Gasteiger partial charge in [-0.2, -0.15) is 0 Å². The van der Waals surface area contributed by atoms with E-state index in [4.69, 9.17) is 14.7 Å². The van der Waals surface area contributed by atoms with Crippen LogP contribution in [0.5, 0.6) is 0 Å². The summed E-state index contributed by atoms with van der Waals surface area (Å²) in [7, 11) is 0. The second-order valence-electron chi connectivity index (χ2n) is 10.5. The number of nitrogens with zero attached hydrogens (tertiary/aromatic N) is 5. The molecule has 3 heterocycles. The van der Waals surface area contributed by atoms with Crippen LogP contribution >= 0.6 is 11.8 Å². The van der Waals surface area contributed by atoms with Gasteiger partial charge in [0, 0.05) is 62.2 Å². The standard InChI is InChI=1S/C32H39N5O3S/c1-3-35-17-19-36(20-18-35)29-22-28(25-10-6-5-7-11-25)33-32(34-29)41-23-24-9-8-12-27(21-24)30(38)37-15-13-26(14-16-37)31(39)40-4-2/h5-12,21-22,26H,3-4,13-20,23H2,1-2H3. The Bertz CT molecular complexity index is 1320. The monoisotopic (exact) mass is 573 g/mol. The number of likely N-dealkylation sites (tertiary alicyclic amines) is 1. The molecule has 5 rings (SSSR count). The summed E-state index contributed by atoms with van der Waals surface area (Å²) in [5, 5.41) is 0.733. The second kappa shape index (κ2) is 14.0. The molecule has 2 fully saturated rings. The van der Waals surface area contributed by atoms with Gasteiger partial charge in [0.25, 0.3) is 5.91 Å². The number of ether oxygens (including phenoxy) is 1. The molecule has 0 atom stereocenters. The number of hydrogen-bond acceptors (Lipinski definition) is 8. The molecular formula is C32H39N5O3S. The molecule has 1 amide bonds. The number of piperidine rings is 1. The van der Waals surface area contributed by atoms with Crippen molar-refractivity contribution in [2.45, 2.75) is 37.6 Å². The molecule has 2 aliphatic rings. The summed E-state index contributed by atoms with van der Waals surface area (Å²) in [6.45, 7) is 10.6. The van der Waals surface area contributed by atoms with Crippen molar-refractivity contribution < 1.29 is 14.3 Å². The maximum absolute atomic E-state index is 13.3. The Morgan fingerprint density at radius 2 is 1.66 bits per heavy atom. The van der Waals surface area contributed by atoms with E-state index in [1.165, 1.54) is 0 Å². The summed E-state index contributed by atoms with van der Waals surface area (Å²) in [5.41, 5.74) is 3.72. The Morgan fingerprint density at radius 1 is 0.902 bits per heavy atom. The van der Waals surface area contributed by atoms with Gasteiger partial charge >= 0.3 is 5.97 Å². The van der Waals surface area contributed by atoms with Crippen molar-refractivity contribution in [3.8, 4) is 11.3 Å². The zero-order chi connectivity index (χ0) is 28.6. The van der Waals surface area contributed by atoms with Crippen molar-refractivity contribution in [1.29, 1.82) is 0 Å². The molecule has 3 aromatic rings. The summed E-state index contributed by atoms with van der Waals surface area (Å²) < 4.78 is 5.16. The van der Waals surface area contributed by atoms with E-state index in [1.807, 2.05) is 54.3 Å². The Labute approximate surface area is 247 Å². The largest absolute Gasteiger partial charge is 0.466 e. The minimum absolute atomic E-state index is 0.00925. The maximum Gasteiger partial charge on any atom is 0.309 e. The third kappa shape index (κ3) is 7.45. The van der Waals surface area contributed by atoms with E-state index in [1.54, 1.807) is 11.8 Å². The van der Waals surface area contributed by atoms with E-state index in [-0.39, 0.29) is 17.8 Å². The predicted octanol–water partition coefficient (Wildman–Crippen LogP) is 4.99. The lowest BCUT2D eigenvalue weighted by atomic mass is 9.96. The summed E-state index contributed by atoms with van der Waals surface area (Å²) in [4.78, 5) is 41.9. The molecule has 9 heteroatoms. The fourth-order valence-electron chi connectivity index (χ4n) is 5.39. The number of thioether (sulfide) groups is 1. The fourth-order valence-corrected chi connectivity index (χ4v) is 6.19. The van der Waals surface area contributed by atoms with Crippen molar-refractivity contribution in [2.24, 2.45) is 5.92 Å². The Balaban J connectivity index is 1.27. The number of amides is 1. The minimum Gasteiger partial charge on any atom is -0.466 e. The lowest BCUT2D eigenvalue weighted by molar-refractivity contribution is -0.149. The molecule has 1 aromatic heterocycles. The number of esters is 1. The highest BCUT2D eigenvalue weighted by Gasteiger charge is 2.28. The Kier molecular flexibility index (Phi) is 9.90. The third-order valence-corrected chi connectivity index (χ3v) is 8.77. The van der Waals surface area contributed by atoms with Crippen molar-refractivity contribution >= 4 is 29.5 Å². The highest BCUT2D eigenvalue weighted by Crippen LogP contribution is 2.28. The number of aromatic nitrogens is 2. The third-order valence-electron chi connectivity index (χ3n) is 7.85. The lowest BCUT2D eigenvalue weighted by Gasteiger charge is -2.35. The predicted molar refractivity (Wildman–Crippen MR) is 163 cm³/mol. The molecule has 8 nitrogen and oxygen atoms in total. The van der Waals surface area contributed by atoms with Crippen LogP contribution in [0, 0.1) is 5.92 Å². The van der Waals surface area contributed by atoms with Gasteiger partial charge in [-0.15, -0.1) is 0 Å². The van der Waals surface area contributed by atoms with Crippen molar-refractivity contribution in [1.82, 2.24) is 19.8 Å². The quantitative estimate of drug-likeness (QED) is 0.201. The minimum atomic E-state index is -0.149. The van der Waals surface area contributed by atoms with Gasteiger partial charge in [0.15, 0.2) is 5.16 Å². The number of anilines is 1. The smallest absolute Gasteiger partial charge is 0.309 e. The molecule has 0 bridgehead atoms. The molecule has 0 radical (unpaired) electrons. The van der Waals surface area contributed by atoms with E-state index in [0.717, 1.165) is 60.5 Å². The van der Waals surface area contributed by atoms with E-state index >= 15 is 0 Å². The zero-order valence-electron chi connectivity index (χ0n) is 24.0. The number of likely N-dealkylation sites (N-methyl/N-ethyl adjacent to an activating group) is 1. The van der Waals surface area contributed by atoms with Crippen LogP contribution in [0.15, 0.2) is 65.8 Å². The summed E-state index contributed by atoms with van der Waals surface area (Å²) in [6.07, 6.45) is 1.29. The molecule has 0 unspecified atom stereocenters. The van der Waals surface area contributed by atoms with Gasteiger partial charge in [0.05, 0.1) is 18.2 Å². The molecule has 0 N–H and O–H groups in total. The van der Waals surface area contributed by atoms with Crippen LogP contribution in [0.3, 0.4) is 0 Å². The molecule has 0 spiro atoms. The van der Waals surface area contributed by atoms with Gasteiger partial charge in [-0.25, -0.2) is 9.97 Å². The Hall–Kier alpha value is -3.43. The lowest BCUT2D eigenvalue weighted by Crippen LogP contribution is -2.46. The first kappa shape index (κ1) is 29.1. The number of benzene rings is 2. The number of rotatable bonds is 9. The van der Waals surface area contributed by atoms with Crippen LogP contribution in [0.1, 0.15) is 42.6 Å². The SMILES string of the molecule is CCOC(=O)C1CCN(C(=O)c2cccc(CSc3nc(-c4ccccc4)cc(N4CCN(CC)CC4)n3)c2)CC1. The summed E-state index contributed by atoms with van der Waals surface area (Å²) in [6, 6.07) is 20.2. The highest BCUT2D eigenvalue weighted by molar-refractivity contribution is 7.98. The molecule has 216 valence electrons. The zero-order valence-corrected chi connectivity index (χ0v) is 24.8. The van der Waals surface area contributed by atoms with Gasteiger partial charge in [0.2, 0.25) is 0 Å². The first-order valence-corrected chi connectivity index (χ1v) is 15.6. The van der Waals surface area contributed by atoms with Crippen molar-refractivity contribution in [2.75, 3.05) is 57.3 Å². The van der Waals surface area contributed by atoms with Crippen LogP contribution in [0.4, 0.5) is 5.82 Å². The maximum atomic E-state index is 13.3. The average molecular weight is 574 g/mol. The first-order chi connectivity index (χ1) is 20.0. The van der Waals surface area contributed by atoms with E-state index < -0.39 is 0 Å². The van der Waals surface area contributed by atoms with Gasteiger partial charge in [-0.3, -0.25) is 9.59 Å². The number of carbonyl (C=O) groups is 2. The number of piperazine rings is 1. The van der Waals surface area contributed by atoms with Crippen LogP contribution in [-0.4, -0.2) is 84.1 Å². The molecule has 0 aliphatic carbocycles. The van der Waals surface area contributed by atoms with E-state index in [9.17, 15) is 9.59 Å². The fraction of sp³-hybridized carbons (Fsp3) is 0.438. The van der Waals surface area contributed by atoms with E-state index in [0.29, 0.717) is 43.9 Å². The van der Waals surface area contributed by atoms with E-state index in [2.05, 4.69) is 34.9 Å². The molecule has 41 heavy (non-hydrogen) atoms. The molecule has 0 saturated carbocycles. The molecular weight excluding hydrogens is 534 g/mol. The van der Waals surface area contributed by atoms with Crippen LogP contribution in [0.25, 0.3) is 11.3 Å². The molecule has 2 aromatic carbocycles. The first-order valence-electron chi connectivity index (χ1n) is 14.6. The molecule has 2 aliphatic heterocycles. The van der Waals surface area contributed by atoms with Crippen molar-refractivity contribution in [3.05, 3.63) is 71.8 Å². The number of hydrogen-bond donors (Lipinski definition) is 0. The second-order valence-corrected chi connectivity index (χ2v) is 11.4. The van der Waals surface area contributed by atoms with Crippen LogP contribution in [0.2, 0.25) is 0 Å². The van der Waals surface area contributed by atoms with Crippen LogP contribution < -0.4 is 4.90 Å². The number of carbonyl (C=O) groups excluding carboxylic acids is 2.